The molecule has 1 amide bonds. The zero-order valence-electron chi connectivity index (χ0n) is 17.4. The van der Waals surface area contributed by atoms with Crippen LogP contribution in [0, 0.1) is 5.41 Å². The minimum Gasteiger partial charge on any atom is -0.484 e. The van der Waals surface area contributed by atoms with Gasteiger partial charge in [-0.2, -0.15) is 0 Å². The topological polar surface area (TPSA) is 120 Å². The highest BCUT2D eigenvalue weighted by molar-refractivity contribution is 7.13. The van der Waals surface area contributed by atoms with Gasteiger partial charge in [-0.3, -0.25) is 20.7 Å². The first-order valence-corrected chi connectivity index (χ1v) is 10.7. The molecule has 2 aromatic carbocycles. The molecule has 0 aliphatic heterocycles. The molecule has 3 N–H and O–H groups in total. The lowest BCUT2D eigenvalue weighted by atomic mass is 10.1. The number of thiazole rings is 1. The first kappa shape index (κ1) is 22.9. The number of carbonyl (C=O) groups excluding carboxylic acids is 1. The number of aromatic nitrogens is 1. The maximum absolute atomic E-state index is 12.0. The third-order valence-electron chi connectivity index (χ3n) is 4.11. The van der Waals surface area contributed by atoms with Crippen LogP contribution in [-0.2, 0) is 16.2 Å². The van der Waals surface area contributed by atoms with E-state index in [9.17, 15) is 10.0 Å². The summed E-state index contributed by atoms with van der Waals surface area (Å²) in [4.78, 5) is 21.7. The third kappa shape index (κ3) is 6.62. The molecule has 3 rings (SSSR count). The van der Waals surface area contributed by atoms with E-state index in [0.29, 0.717) is 22.1 Å². The Morgan fingerprint density at radius 2 is 1.88 bits per heavy atom. The predicted molar refractivity (Wildman–Crippen MR) is 122 cm³/mol. The number of rotatable bonds is 10. The normalized spacial score (nSPS) is 11.0. The molecule has 10 heteroatoms. The minimum atomic E-state index is -0.323. The Labute approximate surface area is 189 Å². The molecule has 1 heterocycles. The van der Waals surface area contributed by atoms with Crippen LogP contribution < -0.4 is 10.1 Å². The Bertz CT molecular complexity index is 1060. The molecular formula is C22H23N5O4S. The highest BCUT2D eigenvalue weighted by Crippen LogP contribution is 2.17. The van der Waals surface area contributed by atoms with Crippen LogP contribution >= 0.6 is 11.3 Å². The number of hydrogen-bond donors (Lipinski definition) is 3. The lowest BCUT2D eigenvalue weighted by Crippen LogP contribution is -2.33. The fourth-order valence-corrected chi connectivity index (χ4v) is 3.23. The molecular weight excluding hydrogens is 430 g/mol. The van der Waals surface area contributed by atoms with Crippen molar-refractivity contribution in [1.29, 1.82) is 5.41 Å². The van der Waals surface area contributed by atoms with Gasteiger partial charge in [-0.15, -0.1) is 11.3 Å². The number of hydroxylamine groups is 2. The fraction of sp³-hybridized carbons (Fsp3) is 0.182. The second kappa shape index (κ2) is 11.6. The van der Waals surface area contributed by atoms with Crippen molar-refractivity contribution < 1.29 is 19.6 Å². The van der Waals surface area contributed by atoms with Gasteiger partial charge in [-0.1, -0.05) is 53.7 Å². The van der Waals surface area contributed by atoms with Crippen molar-refractivity contribution in [2.75, 3.05) is 18.5 Å². The molecule has 9 nitrogen and oxygen atoms in total. The van der Waals surface area contributed by atoms with E-state index < -0.39 is 0 Å². The number of carbonyl (C=O) groups is 1. The van der Waals surface area contributed by atoms with Gasteiger partial charge < -0.3 is 9.57 Å². The summed E-state index contributed by atoms with van der Waals surface area (Å²) in [5.74, 6) is 0.109. The summed E-state index contributed by atoms with van der Waals surface area (Å²) in [6.45, 7) is 1.85. The van der Waals surface area contributed by atoms with Gasteiger partial charge in [0.1, 0.15) is 5.75 Å². The highest BCUT2D eigenvalue weighted by Gasteiger charge is 2.16. The van der Waals surface area contributed by atoms with E-state index in [-0.39, 0.29) is 37.2 Å². The molecule has 32 heavy (non-hydrogen) atoms. The summed E-state index contributed by atoms with van der Waals surface area (Å²) in [6, 6.07) is 18.1. The van der Waals surface area contributed by atoms with Crippen LogP contribution in [0.15, 0.2) is 71.2 Å². The summed E-state index contributed by atoms with van der Waals surface area (Å²) in [5.41, 5.74) is 1.39. The van der Waals surface area contributed by atoms with E-state index in [1.807, 2.05) is 36.4 Å². The Morgan fingerprint density at radius 1 is 1.19 bits per heavy atom. The fourth-order valence-electron chi connectivity index (χ4n) is 2.52. The van der Waals surface area contributed by atoms with Crippen LogP contribution in [0.5, 0.6) is 5.75 Å². The van der Waals surface area contributed by atoms with Gasteiger partial charge in [0.2, 0.25) is 0 Å². The summed E-state index contributed by atoms with van der Waals surface area (Å²) in [5, 5.41) is 27.7. The summed E-state index contributed by atoms with van der Waals surface area (Å²) in [6.07, 6.45) is 0. The number of anilines is 1. The molecule has 3 aromatic rings. The SMILES string of the molecule is CCN(O)C(=N)/C(=N/OCc1csc(NC(=O)COc2ccccc2)n1)c1ccccc1. The minimum absolute atomic E-state index is 0.0358. The average molecular weight is 454 g/mol. The van der Waals surface area contributed by atoms with Gasteiger partial charge in [-0.05, 0) is 19.1 Å². The van der Waals surface area contributed by atoms with Crippen molar-refractivity contribution in [3.05, 3.63) is 77.3 Å². The van der Waals surface area contributed by atoms with Crippen molar-refractivity contribution in [2.24, 2.45) is 5.16 Å². The molecule has 0 spiro atoms. The smallest absolute Gasteiger partial charge is 0.264 e. The summed E-state index contributed by atoms with van der Waals surface area (Å²) in [7, 11) is 0. The molecule has 1 aromatic heterocycles. The second-order valence-electron chi connectivity index (χ2n) is 6.44. The van der Waals surface area contributed by atoms with Gasteiger partial charge in [0.05, 0.1) is 5.69 Å². The number of nitrogens with one attached hydrogen (secondary N) is 2. The molecule has 0 fully saturated rings. The predicted octanol–water partition coefficient (Wildman–Crippen LogP) is 3.77. The van der Waals surface area contributed by atoms with E-state index in [4.69, 9.17) is 15.0 Å². The lowest BCUT2D eigenvalue weighted by Gasteiger charge is -2.16. The van der Waals surface area contributed by atoms with E-state index in [1.54, 1.807) is 36.6 Å². The number of likely N-dealkylation sites (N-methyl/N-ethyl adjacent to an activating group) is 1. The van der Waals surface area contributed by atoms with Gasteiger partial charge >= 0.3 is 0 Å². The van der Waals surface area contributed by atoms with E-state index in [0.717, 1.165) is 5.06 Å². The zero-order valence-corrected chi connectivity index (χ0v) is 18.2. The van der Waals surface area contributed by atoms with Gasteiger partial charge in [0.15, 0.2) is 29.9 Å². The van der Waals surface area contributed by atoms with Crippen LogP contribution in [0.3, 0.4) is 0 Å². The average Bonchev–Trinajstić information content (AvgIpc) is 3.27. The first-order chi connectivity index (χ1) is 15.6. The maximum atomic E-state index is 12.0. The second-order valence-corrected chi connectivity index (χ2v) is 7.30. The Hall–Kier alpha value is -3.76. The number of oxime groups is 1. The number of amides is 1. The number of benzene rings is 2. The number of nitrogens with zero attached hydrogens (tertiary/aromatic N) is 3. The van der Waals surface area contributed by atoms with Gasteiger partial charge in [0, 0.05) is 17.5 Å². The standard InChI is InChI=1S/C22H23N5O4S/c1-2-27(29)21(23)20(16-9-5-3-6-10-16)26-31-13-17-15-32-22(24-17)25-19(28)14-30-18-11-7-4-8-12-18/h3-12,15,23,29H,2,13-14H2,1H3,(H,24,25,28)/b23-21?,26-20+. The van der Waals surface area contributed by atoms with Crippen LogP contribution in [0.4, 0.5) is 5.13 Å². The molecule has 166 valence electrons. The Kier molecular flexibility index (Phi) is 8.29. The van der Waals surface area contributed by atoms with Crippen molar-refractivity contribution in [1.82, 2.24) is 10.0 Å². The van der Waals surface area contributed by atoms with Crippen molar-refractivity contribution in [3.8, 4) is 5.75 Å². The maximum Gasteiger partial charge on any atom is 0.264 e. The van der Waals surface area contributed by atoms with E-state index >= 15 is 0 Å². The molecule has 0 radical (unpaired) electrons. The molecule has 0 aliphatic carbocycles. The Balaban J connectivity index is 1.56. The number of ether oxygens (including phenoxy) is 1. The summed E-state index contributed by atoms with van der Waals surface area (Å²) < 4.78 is 5.41. The quantitative estimate of drug-likeness (QED) is 0.244. The summed E-state index contributed by atoms with van der Waals surface area (Å²) >= 11 is 1.25. The first-order valence-electron chi connectivity index (χ1n) is 9.79. The zero-order chi connectivity index (χ0) is 22.8. The van der Waals surface area contributed by atoms with Crippen molar-refractivity contribution in [2.45, 2.75) is 13.5 Å². The highest BCUT2D eigenvalue weighted by atomic mass is 32.1. The van der Waals surface area contributed by atoms with Crippen LogP contribution in [-0.4, -0.2) is 45.9 Å². The van der Waals surface area contributed by atoms with Crippen molar-refractivity contribution in [3.63, 3.8) is 0 Å². The number of para-hydroxylation sites is 1. The van der Waals surface area contributed by atoms with E-state index in [1.165, 1.54) is 11.3 Å². The van der Waals surface area contributed by atoms with Crippen molar-refractivity contribution >= 4 is 33.9 Å². The van der Waals surface area contributed by atoms with Gasteiger partial charge in [-0.25, -0.2) is 10.0 Å². The third-order valence-corrected chi connectivity index (χ3v) is 4.92. The van der Waals surface area contributed by atoms with Crippen LogP contribution in [0.1, 0.15) is 18.2 Å². The molecule has 0 bridgehead atoms. The lowest BCUT2D eigenvalue weighted by molar-refractivity contribution is -0.118. The number of amidine groups is 1. The molecule has 0 aliphatic rings. The van der Waals surface area contributed by atoms with Crippen LogP contribution in [0.25, 0.3) is 0 Å². The Morgan fingerprint density at radius 3 is 2.56 bits per heavy atom. The van der Waals surface area contributed by atoms with E-state index in [2.05, 4.69) is 15.5 Å². The molecule has 0 saturated heterocycles. The molecule has 0 atom stereocenters. The largest absolute Gasteiger partial charge is 0.484 e. The van der Waals surface area contributed by atoms with Gasteiger partial charge in [0.25, 0.3) is 5.91 Å². The molecule has 0 saturated carbocycles. The monoisotopic (exact) mass is 453 g/mol. The molecule has 0 unspecified atom stereocenters. The van der Waals surface area contributed by atoms with Crippen LogP contribution in [0.2, 0.25) is 0 Å². The number of hydrogen-bond acceptors (Lipinski definition) is 8.